The molecule has 7 heteroatoms. The zero-order valence-corrected chi connectivity index (χ0v) is 16.3. The van der Waals surface area contributed by atoms with Crippen LogP contribution in [0.4, 0.5) is 8.78 Å². The number of nitrogens with one attached hydrogen (secondary N) is 1. The molecule has 0 aliphatic rings. The number of alkyl halides is 2. The Morgan fingerprint density at radius 1 is 1.21 bits per heavy atom. The molecule has 5 nitrogen and oxygen atoms in total. The van der Waals surface area contributed by atoms with Crippen molar-refractivity contribution in [1.29, 1.82) is 0 Å². The highest BCUT2D eigenvalue weighted by Gasteiger charge is 2.20. The minimum atomic E-state index is -2.90. The molecule has 1 atom stereocenters. The number of aromatic nitrogens is 2. The lowest BCUT2D eigenvalue weighted by Gasteiger charge is -2.17. The number of para-hydroxylation sites is 2. The van der Waals surface area contributed by atoms with E-state index in [1.807, 2.05) is 38.1 Å². The first-order valence-corrected chi connectivity index (χ1v) is 9.13. The molecule has 1 aromatic heterocycles. The fraction of sp³-hybridized carbons (Fsp3) is 0.333. The van der Waals surface area contributed by atoms with E-state index in [0.717, 1.165) is 23.4 Å². The van der Waals surface area contributed by atoms with Crippen LogP contribution in [0.15, 0.2) is 36.4 Å². The van der Waals surface area contributed by atoms with Gasteiger partial charge in [0.25, 0.3) is 5.91 Å². The van der Waals surface area contributed by atoms with Crippen LogP contribution in [0.25, 0.3) is 11.0 Å². The molecule has 28 heavy (non-hydrogen) atoms. The minimum absolute atomic E-state index is 0.104. The monoisotopic (exact) mass is 387 g/mol. The van der Waals surface area contributed by atoms with E-state index in [-0.39, 0.29) is 17.7 Å². The quantitative estimate of drug-likeness (QED) is 0.663. The van der Waals surface area contributed by atoms with Crippen LogP contribution >= 0.6 is 0 Å². The van der Waals surface area contributed by atoms with Gasteiger partial charge in [-0.1, -0.05) is 12.1 Å². The van der Waals surface area contributed by atoms with Gasteiger partial charge in [0.15, 0.2) is 0 Å². The van der Waals surface area contributed by atoms with Crippen molar-refractivity contribution in [1.82, 2.24) is 14.9 Å². The Morgan fingerprint density at radius 3 is 2.46 bits per heavy atom. The normalized spacial score (nSPS) is 12.4. The third kappa shape index (κ3) is 3.83. The number of nitrogens with zero attached hydrogens (tertiary/aromatic N) is 2. The van der Waals surface area contributed by atoms with Gasteiger partial charge in [-0.3, -0.25) is 4.79 Å². The van der Waals surface area contributed by atoms with Crippen LogP contribution in [0.1, 0.15) is 47.2 Å². The summed E-state index contributed by atoms with van der Waals surface area (Å²) in [6.07, 6.45) is 0. The second-order valence-electron chi connectivity index (χ2n) is 6.72. The highest BCUT2D eigenvalue weighted by Crippen LogP contribution is 2.27. The van der Waals surface area contributed by atoms with Gasteiger partial charge in [-0.25, -0.2) is 4.98 Å². The van der Waals surface area contributed by atoms with Crippen LogP contribution in [-0.4, -0.2) is 22.1 Å². The van der Waals surface area contributed by atoms with Crippen LogP contribution < -0.4 is 10.1 Å². The summed E-state index contributed by atoms with van der Waals surface area (Å²) in [7, 11) is 0. The second-order valence-corrected chi connectivity index (χ2v) is 6.72. The molecule has 1 N–H and O–H groups in total. The van der Waals surface area contributed by atoms with Crippen molar-refractivity contribution in [3.8, 4) is 5.75 Å². The maximum atomic E-state index is 12.7. The minimum Gasteiger partial charge on any atom is -0.434 e. The Balaban J connectivity index is 1.85. The number of rotatable bonds is 6. The fourth-order valence-electron chi connectivity index (χ4n) is 3.46. The molecule has 0 fully saturated rings. The number of aryl methyl sites for hydroxylation is 3. The maximum absolute atomic E-state index is 12.7. The molecule has 1 amide bonds. The third-order valence-corrected chi connectivity index (χ3v) is 4.66. The third-order valence-electron chi connectivity index (χ3n) is 4.66. The summed E-state index contributed by atoms with van der Waals surface area (Å²) in [5.74, 6) is 0.576. The summed E-state index contributed by atoms with van der Waals surface area (Å²) in [6, 6.07) is 10.6. The average molecular weight is 387 g/mol. The van der Waals surface area contributed by atoms with E-state index in [1.165, 1.54) is 0 Å². The van der Waals surface area contributed by atoms with Gasteiger partial charge < -0.3 is 14.6 Å². The topological polar surface area (TPSA) is 56.2 Å². The summed E-state index contributed by atoms with van der Waals surface area (Å²) < 4.78 is 31.7. The number of fused-ring (bicyclic) bond motifs is 1. The molecule has 0 aliphatic heterocycles. The molecule has 1 heterocycles. The molecule has 0 saturated heterocycles. The number of carbonyl (C=O) groups is 1. The zero-order valence-electron chi connectivity index (χ0n) is 16.3. The maximum Gasteiger partial charge on any atom is 0.387 e. The lowest BCUT2D eigenvalue weighted by atomic mass is 10.0. The number of ether oxygens (including phenoxy) is 1. The first kappa shape index (κ1) is 19.8. The summed E-state index contributed by atoms with van der Waals surface area (Å²) in [4.78, 5) is 17.4. The van der Waals surface area contributed by atoms with Crippen molar-refractivity contribution in [2.45, 2.75) is 46.9 Å². The molecular weight excluding hydrogens is 364 g/mol. The van der Waals surface area contributed by atoms with Gasteiger partial charge in [-0.05, 0) is 63.1 Å². The average Bonchev–Trinajstić information content (AvgIpc) is 3.03. The Morgan fingerprint density at radius 2 is 1.86 bits per heavy atom. The van der Waals surface area contributed by atoms with Crippen molar-refractivity contribution in [2.75, 3.05) is 0 Å². The van der Waals surface area contributed by atoms with Gasteiger partial charge in [0.05, 0.1) is 17.1 Å². The first-order valence-electron chi connectivity index (χ1n) is 9.13. The molecule has 3 aromatic rings. The van der Waals surface area contributed by atoms with Gasteiger partial charge >= 0.3 is 6.61 Å². The lowest BCUT2D eigenvalue weighted by molar-refractivity contribution is -0.0507. The van der Waals surface area contributed by atoms with E-state index < -0.39 is 6.61 Å². The first-order chi connectivity index (χ1) is 13.3. The molecule has 0 aliphatic carbocycles. The molecule has 148 valence electrons. The molecule has 0 saturated carbocycles. The van der Waals surface area contributed by atoms with Gasteiger partial charge in [0.2, 0.25) is 0 Å². The van der Waals surface area contributed by atoms with Crippen molar-refractivity contribution < 1.29 is 18.3 Å². The van der Waals surface area contributed by atoms with Crippen LogP contribution in [0, 0.1) is 13.8 Å². The Hall–Kier alpha value is -2.96. The number of hydrogen-bond donors (Lipinski definition) is 1. The van der Waals surface area contributed by atoms with E-state index in [0.29, 0.717) is 16.7 Å². The van der Waals surface area contributed by atoms with Crippen molar-refractivity contribution in [3.05, 3.63) is 58.9 Å². The van der Waals surface area contributed by atoms with Gasteiger partial charge in [-0.2, -0.15) is 8.78 Å². The molecular formula is C21H23F2N3O2. The number of amides is 1. The number of halogens is 2. The fourth-order valence-corrected chi connectivity index (χ4v) is 3.46. The summed E-state index contributed by atoms with van der Waals surface area (Å²) in [6.45, 7) is 5.01. The summed E-state index contributed by atoms with van der Waals surface area (Å²) in [5, 5.41) is 2.95. The summed E-state index contributed by atoms with van der Waals surface area (Å²) >= 11 is 0. The van der Waals surface area contributed by atoms with Crippen LogP contribution in [0.5, 0.6) is 5.75 Å². The molecule has 3 rings (SSSR count). The smallest absolute Gasteiger partial charge is 0.387 e. The predicted octanol–water partition coefficient (Wildman–Crippen LogP) is 4.77. The van der Waals surface area contributed by atoms with Gasteiger partial charge in [-0.15, -0.1) is 0 Å². The SMILES string of the molecule is CCn1c(C(C)NC(=O)c2cc(C)c(OC(F)F)c(C)c2)nc2ccccc21. The second kappa shape index (κ2) is 7.96. The van der Waals surface area contributed by atoms with E-state index in [2.05, 4.69) is 19.6 Å². The molecule has 0 bridgehead atoms. The number of benzene rings is 2. The highest BCUT2D eigenvalue weighted by molar-refractivity contribution is 5.95. The molecule has 0 spiro atoms. The predicted molar refractivity (Wildman–Crippen MR) is 104 cm³/mol. The zero-order chi connectivity index (χ0) is 20.4. The van der Waals surface area contributed by atoms with E-state index in [9.17, 15) is 13.6 Å². The van der Waals surface area contributed by atoms with E-state index in [1.54, 1.807) is 26.0 Å². The van der Waals surface area contributed by atoms with Gasteiger partial charge in [0.1, 0.15) is 11.6 Å². The molecule has 0 radical (unpaired) electrons. The van der Waals surface area contributed by atoms with Gasteiger partial charge in [0, 0.05) is 12.1 Å². The van der Waals surface area contributed by atoms with E-state index >= 15 is 0 Å². The Bertz CT molecular complexity index is 991. The number of hydrogen-bond acceptors (Lipinski definition) is 3. The lowest BCUT2D eigenvalue weighted by Crippen LogP contribution is -2.29. The van der Waals surface area contributed by atoms with Crippen molar-refractivity contribution >= 4 is 16.9 Å². The largest absolute Gasteiger partial charge is 0.434 e. The van der Waals surface area contributed by atoms with Crippen LogP contribution in [0.3, 0.4) is 0 Å². The Kier molecular flexibility index (Phi) is 5.63. The number of imidazole rings is 1. The summed E-state index contributed by atoms with van der Waals surface area (Å²) in [5.41, 5.74) is 3.25. The van der Waals surface area contributed by atoms with E-state index in [4.69, 9.17) is 0 Å². The molecule has 1 unspecified atom stereocenters. The number of carbonyl (C=O) groups excluding carboxylic acids is 1. The van der Waals surface area contributed by atoms with Crippen LogP contribution in [-0.2, 0) is 6.54 Å². The standard InChI is InChI=1S/C21H23F2N3O2/c1-5-26-17-9-7-6-8-16(17)25-19(26)14(4)24-20(27)15-10-12(2)18(13(3)11-15)28-21(22)23/h6-11,14,21H,5H2,1-4H3,(H,24,27). The van der Waals surface area contributed by atoms with Crippen molar-refractivity contribution in [2.24, 2.45) is 0 Å². The van der Waals surface area contributed by atoms with Crippen molar-refractivity contribution in [3.63, 3.8) is 0 Å². The highest BCUT2D eigenvalue weighted by atomic mass is 19.3. The molecule has 2 aromatic carbocycles. The van der Waals surface area contributed by atoms with Crippen LogP contribution in [0.2, 0.25) is 0 Å². The Labute approximate surface area is 162 Å².